The van der Waals surface area contributed by atoms with Crippen LogP contribution in [0.2, 0.25) is 0 Å². The molecule has 102 valence electrons. The maximum atomic E-state index is 11.9. The molecular formula is C14H17NO4. The third-order valence-corrected chi connectivity index (χ3v) is 3.35. The number of rotatable bonds is 4. The van der Waals surface area contributed by atoms with E-state index in [1.54, 1.807) is 11.8 Å². The van der Waals surface area contributed by atoms with Crippen molar-refractivity contribution < 1.29 is 19.4 Å². The van der Waals surface area contributed by atoms with Crippen LogP contribution >= 0.6 is 0 Å². The second-order valence-corrected chi connectivity index (χ2v) is 5.10. The molecule has 1 aromatic carbocycles. The summed E-state index contributed by atoms with van der Waals surface area (Å²) in [7, 11) is 0. The number of carboxylic acids is 1. The lowest BCUT2D eigenvalue weighted by Crippen LogP contribution is -2.34. The maximum absolute atomic E-state index is 11.9. The van der Waals surface area contributed by atoms with Crippen LogP contribution in [0.15, 0.2) is 30.3 Å². The van der Waals surface area contributed by atoms with E-state index in [-0.39, 0.29) is 19.0 Å². The minimum absolute atomic E-state index is 0.135. The molecule has 2 unspecified atom stereocenters. The Morgan fingerprint density at radius 1 is 1.47 bits per heavy atom. The molecule has 0 saturated carbocycles. The number of aliphatic carboxylic acids is 1. The lowest BCUT2D eigenvalue weighted by Gasteiger charge is -2.24. The third kappa shape index (κ3) is 2.86. The smallest absolute Gasteiger partial charge is 0.411 e. The van der Waals surface area contributed by atoms with Crippen molar-refractivity contribution in [1.29, 1.82) is 0 Å². The molecule has 0 bridgehead atoms. The van der Waals surface area contributed by atoms with E-state index < -0.39 is 17.7 Å². The minimum atomic E-state index is -0.968. The quantitative estimate of drug-likeness (QED) is 0.906. The van der Waals surface area contributed by atoms with E-state index in [0.29, 0.717) is 0 Å². The molecule has 0 radical (unpaired) electrons. The predicted octanol–water partition coefficient (Wildman–Crippen LogP) is 2.43. The van der Waals surface area contributed by atoms with Crippen molar-refractivity contribution in [1.82, 2.24) is 4.90 Å². The monoisotopic (exact) mass is 263 g/mol. The van der Waals surface area contributed by atoms with Gasteiger partial charge in [0.05, 0.1) is 19.0 Å². The van der Waals surface area contributed by atoms with Crippen LogP contribution in [0.4, 0.5) is 4.79 Å². The standard InChI is InChI=1S/C14H17NO4/c1-10(11-6-4-3-5-7-11)15-9-14(2,8-12(16)17)19-13(15)18/h3-7,10H,8-9H2,1-2H3,(H,16,17). The first-order chi connectivity index (χ1) is 8.91. The van der Waals surface area contributed by atoms with Gasteiger partial charge in [-0.3, -0.25) is 9.69 Å². The van der Waals surface area contributed by atoms with Crippen LogP contribution in [0.25, 0.3) is 0 Å². The molecule has 1 aromatic rings. The maximum Gasteiger partial charge on any atom is 0.411 e. The first-order valence-electron chi connectivity index (χ1n) is 6.18. The number of hydrogen-bond acceptors (Lipinski definition) is 3. The highest BCUT2D eigenvalue weighted by Crippen LogP contribution is 2.32. The van der Waals surface area contributed by atoms with Gasteiger partial charge >= 0.3 is 12.1 Å². The van der Waals surface area contributed by atoms with Gasteiger partial charge in [-0.1, -0.05) is 30.3 Å². The van der Waals surface area contributed by atoms with Crippen LogP contribution in [0.3, 0.4) is 0 Å². The molecule has 1 N–H and O–H groups in total. The molecule has 0 spiro atoms. The lowest BCUT2D eigenvalue weighted by atomic mass is 10.0. The van der Waals surface area contributed by atoms with Crippen molar-refractivity contribution in [3.63, 3.8) is 0 Å². The molecule has 1 fully saturated rings. The molecule has 1 saturated heterocycles. The molecule has 2 atom stereocenters. The summed E-state index contributed by atoms with van der Waals surface area (Å²) in [5, 5.41) is 8.86. The van der Waals surface area contributed by atoms with E-state index in [1.807, 2.05) is 37.3 Å². The molecule has 1 aliphatic rings. The van der Waals surface area contributed by atoms with E-state index in [0.717, 1.165) is 5.56 Å². The van der Waals surface area contributed by atoms with Crippen LogP contribution in [0.5, 0.6) is 0 Å². The summed E-state index contributed by atoms with van der Waals surface area (Å²) in [6.07, 6.45) is -0.642. The largest absolute Gasteiger partial charge is 0.481 e. The van der Waals surface area contributed by atoms with Crippen molar-refractivity contribution in [3.05, 3.63) is 35.9 Å². The van der Waals surface area contributed by atoms with Gasteiger partial charge in [0.2, 0.25) is 0 Å². The first kappa shape index (κ1) is 13.4. The zero-order valence-electron chi connectivity index (χ0n) is 11.0. The lowest BCUT2D eigenvalue weighted by molar-refractivity contribution is -0.140. The van der Waals surface area contributed by atoms with Gasteiger partial charge in [-0.2, -0.15) is 0 Å². The molecule has 1 aliphatic heterocycles. The molecule has 5 nitrogen and oxygen atoms in total. The summed E-state index contributed by atoms with van der Waals surface area (Å²) in [5.74, 6) is -0.968. The van der Waals surface area contributed by atoms with Crippen molar-refractivity contribution >= 4 is 12.1 Å². The fourth-order valence-corrected chi connectivity index (χ4v) is 2.35. The highest BCUT2D eigenvalue weighted by atomic mass is 16.6. The number of carbonyl (C=O) groups excluding carboxylic acids is 1. The zero-order chi connectivity index (χ0) is 14.0. The van der Waals surface area contributed by atoms with Gasteiger partial charge in [-0.05, 0) is 19.4 Å². The minimum Gasteiger partial charge on any atom is -0.481 e. The Bertz CT molecular complexity index is 487. The van der Waals surface area contributed by atoms with E-state index >= 15 is 0 Å². The Balaban J connectivity index is 2.14. The van der Waals surface area contributed by atoms with Crippen LogP contribution in [-0.4, -0.2) is 34.2 Å². The van der Waals surface area contributed by atoms with Gasteiger partial charge in [-0.15, -0.1) is 0 Å². The van der Waals surface area contributed by atoms with Gasteiger partial charge in [0.1, 0.15) is 5.60 Å². The summed E-state index contributed by atoms with van der Waals surface area (Å²) >= 11 is 0. The normalized spacial score (nSPS) is 24.1. The van der Waals surface area contributed by atoms with Crippen molar-refractivity contribution in [2.75, 3.05) is 6.54 Å². The number of amides is 1. The Labute approximate surface area is 111 Å². The van der Waals surface area contributed by atoms with E-state index in [4.69, 9.17) is 9.84 Å². The zero-order valence-corrected chi connectivity index (χ0v) is 11.0. The summed E-state index contributed by atoms with van der Waals surface area (Å²) in [6.45, 7) is 3.84. The van der Waals surface area contributed by atoms with Gasteiger partial charge in [0.25, 0.3) is 0 Å². The van der Waals surface area contributed by atoms with Crippen LogP contribution in [0.1, 0.15) is 31.9 Å². The van der Waals surface area contributed by atoms with E-state index in [2.05, 4.69) is 0 Å². The Morgan fingerprint density at radius 2 is 2.11 bits per heavy atom. The Hall–Kier alpha value is -2.04. The fraction of sp³-hybridized carbons (Fsp3) is 0.429. The van der Waals surface area contributed by atoms with E-state index in [1.165, 1.54) is 0 Å². The van der Waals surface area contributed by atoms with Crippen molar-refractivity contribution in [2.24, 2.45) is 0 Å². The molecule has 2 rings (SSSR count). The second-order valence-electron chi connectivity index (χ2n) is 5.10. The molecule has 1 amide bonds. The van der Waals surface area contributed by atoms with Gasteiger partial charge in [0, 0.05) is 0 Å². The predicted molar refractivity (Wildman–Crippen MR) is 68.7 cm³/mol. The number of carboxylic acid groups (broad SMARTS) is 1. The number of benzene rings is 1. The first-order valence-corrected chi connectivity index (χ1v) is 6.18. The third-order valence-electron chi connectivity index (χ3n) is 3.35. The summed E-state index contributed by atoms with van der Waals surface area (Å²) < 4.78 is 5.22. The number of carbonyl (C=O) groups is 2. The topological polar surface area (TPSA) is 66.8 Å². The number of cyclic esters (lactones) is 1. The van der Waals surface area contributed by atoms with Crippen molar-refractivity contribution in [3.8, 4) is 0 Å². The molecular weight excluding hydrogens is 246 g/mol. The Kier molecular flexibility index (Phi) is 3.46. The highest BCUT2D eigenvalue weighted by Gasteiger charge is 2.44. The van der Waals surface area contributed by atoms with Gasteiger partial charge in [0.15, 0.2) is 0 Å². The van der Waals surface area contributed by atoms with Crippen molar-refractivity contribution in [2.45, 2.75) is 31.9 Å². The highest BCUT2D eigenvalue weighted by molar-refractivity contribution is 5.74. The van der Waals surface area contributed by atoms with Gasteiger partial charge in [-0.25, -0.2) is 4.79 Å². The van der Waals surface area contributed by atoms with Crippen LogP contribution in [-0.2, 0) is 9.53 Å². The van der Waals surface area contributed by atoms with Gasteiger partial charge < -0.3 is 9.84 Å². The molecule has 1 heterocycles. The average Bonchev–Trinajstić information content (AvgIpc) is 2.63. The second kappa shape index (κ2) is 4.91. The molecule has 0 aliphatic carbocycles. The summed E-state index contributed by atoms with van der Waals surface area (Å²) in [5.41, 5.74) is 0.0467. The molecule has 0 aromatic heterocycles. The van der Waals surface area contributed by atoms with Crippen LogP contribution in [0, 0.1) is 0 Å². The van der Waals surface area contributed by atoms with Crippen LogP contribution < -0.4 is 0 Å². The number of hydrogen-bond donors (Lipinski definition) is 1. The number of nitrogens with zero attached hydrogens (tertiary/aromatic N) is 1. The van der Waals surface area contributed by atoms with E-state index in [9.17, 15) is 9.59 Å². The molecule has 5 heteroatoms. The molecule has 19 heavy (non-hydrogen) atoms. The average molecular weight is 263 g/mol. The SMILES string of the molecule is CC(c1ccccc1)N1CC(C)(CC(=O)O)OC1=O. The number of ether oxygens (including phenoxy) is 1. The fourth-order valence-electron chi connectivity index (χ4n) is 2.35. The summed E-state index contributed by atoms with van der Waals surface area (Å²) in [6, 6.07) is 9.46. The Morgan fingerprint density at radius 3 is 2.68 bits per heavy atom. The summed E-state index contributed by atoms with van der Waals surface area (Å²) in [4.78, 5) is 24.3.